The van der Waals surface area contributed by atoms with Gasteiger partial charge in [0.25, 0.3) is 0 Å². The van der Waals surface area contributed by atoms with E-state index in [4.69, 9.17) is 5.73 Å². The number of thiophene rings is 1. The molecule has 9 heavy (non-hydrogen) atoms. The minimum atomic E-state index is 0.863. The predicted molar refractivity (Wildman–Crippen MR) is 43.4 cm³/mol. The molecule has 0 aliphatic rings. The van der Waals surface area contributed by atoms with E-state index in [0.29, 0.717) is 0 Å². The zero-order chi connectivity index (χ0) is 6.85. The molecular weight excluding hydrogens is 130 g/mol. The third-order valence-electron chi connectivity index (χ3n) is 1.15. The van der Waals surface area contributed by atoms with Crippen LogP contribution in [0.25, 0.3) is 5.57 Å². The molecule has 0 aliphatic carbocycles. The maximum atomic E-state index is 5.60. The third-order valence-corrected chi connectivity index (χ3v) is 1.90. The fourth-order valence-corrected chi connectivity index (χ4v) is 1.39. The Kier molecular flexibility index (Phi) is 1.58. The van der Waals surface area contributed by atoms with Crippen molar-refractivity contribution in [2.24, 2.45) is 0 Å². The van der Waals surface area contributed by atoms with Gasteiger partial charge in [-0.3, -0.25) is 0 Å². The van der Waals surface area contributed by atoms with E-state index in [-0.39, 0.29) is 0 Å². The third kappa shape index (κ3) is 1.13. The molecule has 1 aromatic heterocycles. The summed E-state index contributed by atoms with van der Waals surface area (Å²) in [6, 6.07) is 1.99. The summed E-state index contributed by atoms with van der Waals surface area (Å²) in [5, 5.41) is 2.84. The highest BCUT2D eigenvalue weighted by Gasteiger charge is 1.97. The molecule has 2 heteroatoms. The van der Waals surface area contributed by atoms with Crippen LogP contribution in [0.15, 0.2) is 18.0 Å². The minimum Gasteiger partial charge on any atom is -0.390 e. The van der Waals surface area contributed by atoms with Crippen molar-refractivity contribution < 1.29 is 0 Å². The number of hydrogen-bond acceptors (Lipinski definition) is 2. The highest BCUT2D eigenvalue weighted by atomic mass is 32.1. The molecule has 0 saturated carbocycles. The van der Waals surface area contributed by atoms with E-state index >= 15 is 0 Å². The Morgan fingerprint density at radius 1 is 1.78 bits per heavy atom. The van der Waals surface area contributed by atoms with Crippen LogP contribution in [0.5, 0.6) is 0 Å². The lowest BCUT2D eigenvalue weighted by atomic mass is 10.2. The second-order valence-electron chi connectivity index (χ2n) is 1.98. The Morgan fingerprint density at radius 3 is 2.67 bits per heavy atom. The highest BCUT2D eigenvalue weighted by Crippen LogP contribution is 2.24. The number of hydrogen-bond donors (Lipinski definition) is 1. The lowest BCUT2D eigenvalue weighted by Gasteiger charge is -1.93. The van der Waals surface area contributed by atoms with Gasteiger partial charge in [0.2, 0.25) is 0 Å². The van der Waals surface area contributed by atoms with Gasteiger partial charge in [0.15, 0.2) is 0 Å². The second-order valence-corrected chi connectivity index (χ2v) is 2.93. The van der Waals surface area contributed by atoms with Crippen LogP contribution in [0, 0.1) is 0 Å². The summed E-state index contributed by atoms with van der Waals surface area (Å²) >= 11 is 1.55. The van der Waals surface area contributed by atoms with E-state index in [0.717, 1.165) is 16.1 Å². The van der Waals surface area contributed by atoms with Gasteiger partial charge in [-0.2, -0.15) is 0 Å². The van der Waals surface area contributed by atoms with Gasteiger partial charge in [-0.1, -0.05) is 6.58 Å². The number of nitrogen functional groups attached to an aromatic ring is 1. The normalized spacial score (nSPS) is 9.44. The lowest BCUT2D eigenvalue weighted by Crippen LogP contribution is -1.82. The van der Waals surface area contributed by atoms with Gasteiger partial charge >= 0.3 is 0 Å². The summed E-state index contributed by atoms with van der Waals surface area (Å²) < 4.78 is 0. The Bertz CT molecular complexity index is 225. The quantitative estimate of drug-likeness (QED) is 0.635. The van der Waals surface area contributed by atoms with Gasteiger partial charge in [-0.05, 0) is 23.9 Å². The van der Waals surface area contributed by atoms with Crippen molar-refractivity contribution in [1.29, 1.82) is 0 Å². The summed E-state index contributed by atoms with van der Waals surface area (Å²) in [7, 11) is 0. The van der Waals surface area contributed by atoms with E-state index in [9.17, 15) is 0 Å². The first-order valence-corrected chi connectivity index (χ1v) is 3.58. The van der Waals surface area contributed by atoms with Crippen LogP contribution < -0.4 is 5.73 Å². The summed E-state index contributed by atoms with van der Waals surface area (Å²) in [5.74, 6) is 0. The minimum absolute atomic E-state index is 0.863. The zero-order valence-electron chi connectivity index (χ0n) is 5.35. The lowest BCUT2D eigenvalue weighted by molar-refractivity contribution is 1.68. The summed E-state index contributed by atoms with van der Waals surface area (Å²) in [5.41, 5.74) is 7.72. The molecule has 0 unspecified atom stereocenters. The van der Waals surface area contributed by atoms with E-state index in [2.05, 4.69) is 6.58 Å². The maximum Gasteiger partial charge on any atom is 0.0932 e. The van der Waals surface area contributed by atoms with Gasteiger partial charge in [-0.25, -0.2) is 0 Å². The van der Waals surface area contributed by atoms with E-state index in [1.54, 1.807) is 11.3 Å². The molecule has 0 radical (unpaired) electrons. The Hall–Kier alpha value is -0.760. The van der Waals surface area contributed by atoms with Crippen LogP contribution in [0.2, 0.25) is 0 Å². The smallest absolute Gasteiger partial charge is 0.0932 e. The van der Waals surface area contributed by atoms with Gasteiger partial charge < -0.3 is 5.73 Å². The van der Waals surface area contributed by atoms with Crippen molar-refractivity contribution in [1.82, 2.24) is 0 Å². The van der Waals surface area contributed by atoms with E-state index in [1.165, 1.54) is 0 Å². The first-order chi connectivity index (χ1) is 4.22. The second kappa shape index (κ2) is 2.23. The SMILES string of the molecule is C=C(C)c1ccsc1N. The fraction of sp³-hybridized carbons (Fsp3) is 0.143. The summed E-state index contributed by atoms with van der Waals surface area (Å²) in [4.78, 5) is 0. The number of rotatable bonds is 1. The molecule has 0 amide bonds. The van der Waals surface area contributed by atoms with Crippen LogP contribution in [0.3, 0.4) is 0 Å². The van der Waals surface area contributed by atoms with Crippen molar-refractivity contribution in [3.05, 3.63) is 23.6 Å². The number of nitrogens with two attached hydrogens (primary N) is 1. The standard InChI is InChI=1S/C7H9NS/c1-5(2)6-3-4-9-7(6)8/h3-4H,1,8H2,2H3. The molecule has 0 aromatic carbocycles. The van der Waals surface area contributed by atoms with Crippen molar-refractivity contribution in [2.75, 3.05) is 5.73 Å². The monoisotopic (exact) mass is 139 g/mol. The summed E-state index contributed by atoms with van der Waals surface area (Å²) in [6.07, 6.45) is 0. The average molecular weight is 139 g/mol. The van der Waals surface area contributed by atoms with Gasteiger partial charge in [-0.15, -0.1) is 11.3 Å². The van der Waals surface area contributed by atoms with E-state index in [1.807, 2.05) is 18.4 Å². The van der Waals surface area contributed by atoms with Crippen LogP contribution in [0.4, 0.5) is 5.00 Å². The molecule has 0 bridgehead atoms. The fourth-order valence-electron chi connectivity index (χ4n) is 0.674. The average Bonchev–Trinajstić information content (AvgIpc) is 2.13. The number of anilines is 1. The van der Waals surface area contributed by atoms with E-state index < -0.39 is 0 Å². The largest absolute Gasteiger partial charge is 0.390 e. The Balaban J connectivity index is 3.08. The molecular formula is C7H9NS. The maximum absolute atomic E-state index is 5.60. The Labute approximate surface area is 58.8 Å². The van der Waals surface area contributed by atoms with Crippen molar-refractivity contribution in [3.8, 4) is 0 Å². The molecule has 2 N–H and O–H groups in total. The molecule has 1 nitrogen and oxygen atoms in total. The Morgan fingerprint density at radius 2 is 2.44 bits per heavy atom. The molecule has 0 fully saturated rings. The van der Waals surface area contributed by atoms with Crippen LogP contribution in [-0.2, 0) is 0 Å². The predicted octanol–water partition coefficient (Wildman–Crippen LogP) is 2.36. The molecule has 1 heterocycles. The van der Waals surface area contributed by atoms with Crippen molar-refractivity contribution >= 4 is 21.9 Å². The first kappa shape index (κ1) is 6.36. The molecule has 0 atom stereocenters. The zero-order valence-corrected chi connectivity index (χ0v) is 6.16. The van der Waals surface area contributed by atoms with Crippen LogP contribution >= 0.6 is 11.3 Å². The van der Waals surface area contributed by atoms with Gasteiger partial charge in [0.05, 0.1) is 5.00 Å². The van der Waals surface area contributed by atoms with Gasteiger partial charge in [0.1, 0.15) is 0 Å². The van der Waals surface area contributed by atoms with Crippen molar-refractivity contribution in [3.63, 3.8) is 0 Å². The molecule has 0 aliphatic heterocycles. The highest BCUT2D eigenvalue weighted by molar-refractivity contribution is 7.14. The molecule has 1 aromatic rings. The molecule has 1 rings (SSSR count). The molecule has 0 spiro atoms. The molecule has 48 valence electrons. The number of allylic oxidation sites excluding steroid dienone is 1. The molecule has 0 saturated heterocycles. The first-order valence-electron chi connectivity index (χ1n) is 2.70. The topological polar surface area (TPSA) is 26.0 Å². The van der Waals surface area contributed by atoms with Crippen LogP contribution in [0.1, 0.15) is 12.5 Å². The van der Waals surface area contributed by atoms with Crippen molar-refractivity contribution in [2.45, 2.75) is 6.92 Å². The van der Waals surface area contributed by atoms with Gasteiger partial charge in [0, 0.05) is 5.56 Å². The summed E-state index contributed by atoms with van der Waals surface area (Å²) in [6.45, 7) is 5.74. The van der Waals surface area contributed by atoms with Crippen LogP contribution in [-0.4, -0.2) is 0 Å².